The predicted molar refractivity (Wildman–Crippen MR) is 112 cm³/mol. The van der Waals surface area contributed by atoms with Gasteiger partial charge in [-0.3, -0.25) is 9.59 Å². The minimum absolute atomic E-state index is 0.110. The van der Waals surface area contributed by atoms with E-state index in [4.69, 9.17) is 4.74 Å². The molecule has 0 saturated heterocycles. The van der Waals surface area contributed by atoms with Gasteiger partial charge in [0.25, 0.3) is 11.5 Å². The first-order valence-corrected chi connectivity index (χ1v) is 9.37. The van der Waals surface area contributed by atoms with E-state index in [1.165, 1.54) is 0 Å². The van der Waals surface area contributed by atoms with E-state index < -0.39 is 0 Å². The average molecular weight is 378 g/mol. The van der Waals surface area contributed by atoms with E-state index in [9.17, 15) is 9.59 Å². The Hall–Kier alpha value is -2.92. The third kappa shape index (κ3) is 4.31. The largest absolute Gasteiger partial charge is 0.383 e. The van der Waals surface area contributed by atoms with E-state index >= 15 is 0 Å². The van der Waals surface area contributed by atoms with Crippen LogP contribution in [0.4, 0.5) is 0 Å². The molecule has 5 nitrogen and oxygen atoms in total. The van der Waals surface area contributed by atoms with Crippen molar-refractivity contribution in [2.45, 2.75) is 27.3 Å². The van der Waals surface area contributed by atoms with Crippen LogP contribution in [-0.4, -0.2) is 36.1 Å². The number of amides is 1. The molecule has 0 aliphatic heterocycles. The first-order chi connectivity index (χ1) is 13.4. The van der Waals surface area contributed by atoms with Crippen molar-refractivity contribution >= 4 is 16.8 Å². The Morgan fingerprint density at radius 2 is 1.86 bits per heavy atom. The quantitative estimate of drug-likeness (QED) is 0.711. The van der Waals surface area contributed by atoms with Crippen molar-refractivity contribution in [3.05, 3.63) is 80.6 Å². The number of pyridine rings is 1. The highest BCUT2D eigenvalue weighted by Crippen LogP contribution is 2.19. The van der Waals surface area contributed by atoms with Gasteiger partial charge in [-0.1, -0.05) is 29.3 Å². The Bertz CT molecular complexity index is 1070. The van der Waals surface area contributed by atoms with Crippen molar-refractivity contribution in [3.8, 4) is 0 Å². The molecular formula is C23H26N2O3. The SMILES string of the molecule is COCCN(Cc1cc2cc(C)cc(C)c2[nH]c1=O)C(=O)c1cccc(C)c1. The average Bonchev–Trinajstić information content (AvgIpc) is 2.65. The molecule has 0 spiro atoms. The van der Waals surface area contributed by atoms with Crippen LogP contribution in [0.2, 0.25) is 0 Å². The third-order valence-corrected chi connectivity index (χ3v) is 4.85. The van der Waals surface area contributed by atoms with Crippen LogP contribution in [0.1, 0.15) is 32.6 Å². The summed E-state index contributed by atoms with van der Waals surface area (Å²) in [4.78, 5) is 30.4. The molecule has 3 rings (SSSR count). The molecule has 0 aliphatic carbocycles. The number of ether oxygens (including phenoxy) is 1. The number of methoxy groups -OCH3 is 1. The van der Waals surface area contributed by atoms with Crippen LogP contribution in [0.5, 0.6) is 0 Å². The number of nitrogens with zero attached hydrogens (tertiary/aromatic N) is 1. The fourth-order valence-electron chi connectivity index (χ4n) is 3.47. The van der Waals surface area contributed by atoms with Gasteiger partial charge in [-0.25, -0.2) is 0 Å². The Labute approximate surface area is 165 Å². The number of nitrogens with one attached hydrogen (secondary N) is 1. The van der Waals surface area contributed by atoms with E-state index in [1.54, 1.807) is 18.1 Å². The maximum absolute atomic E-state index is 13.0. The van der Waals surface area contributed by atoms with E-state index in [1.807, 2.05) is 57.2 Å². The van der Waals surface area contributed by atoms with Gasteiger partial charge in [0.05, 0.1) is 18.7 Å². The van der Waals surface area contributed by atoms with Crippen LogP contribution >= 0.6 is 0 Å². The van der Waals surface area contributed by atoms with Crippen molar-refractivity contribution in [2.24, 2.45) is 0 Å². The summed E-state index contributed by atoms with van der Waals surface area (Å²) in [7, 11) is 1.60. The standard InChI is InChI=1S/C23H26N2O3/c1-15-6-5-7-18(11-15)23(27)25(8-9-28-4)14-20-13-19-12-16(2)10-17(3)21(19)24-22(20)26/h5-7,10-13H,8-9,14H2,1-4H3,(H,24,26). The molecule has 0 fully saturated rings. The summed E-state index contributed by atoms with van der Waals surface area (Å²) in [6, 6.07) is 13.5. The lowest BCUT2D eigenvalue weighted by Crippen LogP contribution is -2.35. The van der Waals surface area contributed by atoms with Crippen LogP contribution in [0, 0.1) is 20.8 Å². The highest BCUT2D eigenvalue weighted by Gasteiger charge is 2.18. The minimum atomic E-state index is -0.168. The van der Waals surface area contributed by atoms with Crippen molar-refractivity contribution in [3.63, 3.8) is 0 Å². The number of aryl methyl sites for hydroxylation is 3. The zero-order valence-electron chi connectivity index (χ0n) is 16.8. The molecule has 5 heteroatoms. The Morgan fingerprint density at radius 3 is 2.57 bits per heavy atom. The fourth-order valence-corrected chi connectivity index (χ4v) is 3.47. The number of aromatic amines is 1. The topological polar surface area (TPSA) is 62.4 Å². The Balaban J connectivity index is 1.97. The van der Waals surface area contributed by atoms with Crippen LogP contribution < -0.4 is 5.56 Å². The summed E-state index contributed by atoms with van der Waals surface area (Å²) in [5.41, 5.74) is 5.04. The van der Waals surface area contributed by atoms with Crippen LogP contribution in [-0.2, 0) is 11.3 Å². The van der Waals surface area contributed by atoms with Gasteiger partial charge in [0.2, 0.25) is 0 Å². The molecule has 0 atom stereocenters. The minimum Gasteiger partial charge on any atom is -0.383 e. The molecule has 1 aromatic heterocycles. The first kappa shape index (κ1) is 19.8. The molecule has 1 heterocycles. The summed E-state index contributed by atoms with van der Waals surface area (Å²) in [5, 5.41) is 0.974. The molecule has 0 bridgehead atoms. The second-order valence-corrected chi connectivity index (χ2v) is 7.26. The highest BCUT2D eigenvalue weighted by molar-refractivity contribution is 5.94. The van der Waals surface area contributed by atoms with Crippen molar-refractivity contribution < 1.29 is 9.53 Å². The van der Waals surface area contributed by atoms with E-state index in [0.717, 1.165) is 27.6 Å². The second kappa shape index (κ2) is 8.40. The maximum Gasteiger partial charge on any atom is 0.254 e. The van der Waals surface area contributed by atoms with Gasteiger partial charge in [0.15, 0.2) is 0 Å². The fraction of sp³-hybridized carbons (Fsp3) is 0.304. The van der Waals surface area contributed by atoms with Gasteiger partial charge in [-0.15, -0.1) is 0 Å². The molecule has 1 N–H and O–H groups in total. The number of carbonyl (C=O) groups is 1. The number of fused-ring (bicyclic) bond motifs is 1. The van der Waals surface area contributed by atoms with Crippen molar-refractivity contribution in [1.82, 2.24) is 9.88 Å². The molecule has 0 unspecified atom stereocenters. The van der Waals surface area contributed by atoms with Gasteiger partial charge in [-0.2, -0.15) is 0 Å². The number of aromatic nitrogens is 1. The predicted octanol–water partition coefficient (Wildman–Crippen LogP) is 3.74. The molecule has 0 aliphatic rings. The van der Waals surface area contributed by atoms with Gasteiger partial charge >= 0.3 is 0 Å². The van der Waals surface area contributed by atoms with Gasteiger partial charge in [0.1, 0.15) is 0 Å². The lowest BCUT2D eigenvalue weighted by molar-refractivity contribution is 0.0679. The monoisotopic (exact) mass is 378 g/mol. The number of hydrogen-bond donors (Lipinski definition) is 1. The summed E-state index contributed by atoms with van der Waals surface area (Å²) < 4.78 is 5.17. The third-order valence-electron chi connectivity index (χ3n) is 4.85. The van der Waals surface area contributed by atoms with E-state index in [-0.39, 0.29) is 18.0 Å². The number of rotatable bonds is 6. The highest BCUT2D eigenvalue weighted by atomic mass is 16.5. The Morgan fingerprint density at radius 1 is 1.07 bits per heavy atom. The lowest BCUT2D eigenvalue weighted by atomic mass is 10.0. The summed E-state index contributed by atoms with van der Waals surface area (Å²) in [5.74, 6) is -0.110. The molecule has 0 saturated carbocycles. The van der Waals surface area contributed by atoms with E-state index in [0.29, 0.717) is 24.3 Å². The number of benzene rings is 2. The summed E-state index contributed by atoms with van der Waals surface area (Å²) in [6.45, 7) is 7.01. The van der Waals surface area contributed by atoms with E-state index in [2.05, 4.69) is 4.98 Å². The molecule has 0 radical (unpaired) electrons. The molecule has 3 aromatic rings. The lowest BCUT2D eigenvalue weighted by Gasteiger charge is -2.23. The zero-order chi connectivity index (χ0) is 20.3. The maximum atomic E-state index is 13.0. The Kier molecular flexibility index (Phi) is 5.95. The number of hydrogen-bond acceptors (Lipinski definition) is 3. The molecule has 146 valence electrons. The smallest absolute Gasteiger partial charge is 0.254 e. The molecule has 1 amide bonds. The van der Waals surface area contributed by atoms with Crippen LogP contribution in [0.25, 0.3) is 10.9 Å². The summed E-state index contributed by atoms with van der Waals surface area (Å²) in [6.07, 6.45) is 0. The number of H-pyrrole nitrogens is 1. The van der Waals surface area contributed by atoms with Gasteiger partial charge in [0, 0.05) is 24.8 Å². The molecular weight excluding hydrogens is 352 g/mol. The number of carbonyl (C=O) groups excluding carboxylic acids is 1. The normalized spacial score (nSPS) is 11.0. The summed E-state index contributed by atoms with van der Waals surface area (Å²) >= 11 is 0. The van der Waals surface area contributed by atoms with Gasteiger partial charge < -0.3 is 14.6 Å². The first-order valence-electron chi connectivity index (χ1n) is 9.37. The van der Waals surface area contributed by atoms with Gasteiger partial charge in [-0.05, 0) is 56.0 Å². The molecule has 28 heavy (non-hydrogen) atoms. The van der Waals surface area contributed by atoms with Crippen LogP contribution in [0.3, 0.4) is 0 Å². The second-order valence-electron chi connectivity index (χ2n) is 7.26. The molecule has 2 aromatic carbocycles. The van der Waals surface area contributed by atoms with Crippen molar-refractivity contribution in [1.29, 1.82) is 0 Å². The van der Waals surface area contributed by atoms with Crippen LogP contribution in [0.15, 0.2) is 47.3 Å². The zero-order valence-corrected chi connectivity index (χ0v) is 16.8. The van der Waals surface area contributed by atoms with Crippen molar-refractivity contribution in [2.75, 3.05) is 20.3 Å².